The second-order valence-electron chi connectivity index (χ2n) is 3.76. The Hall–Kier alpha value is -1.70. The van der Waals surface area contributed by atoms with Gasteiger partial charge < -0.3 is 0 Å². The predicted molar refractivity (Wildman–Crippen MR) is 55.0 cm³/mol. The maximum Gasteiger partial charge on any atom is 0.157 e. The highest BCUT2D eigenvalue weighted by Gasteiger charge is 2.42. The van der Waals surface area contributed by atoms with Gasteiger partial charge in [-0.3, -0.25) is 9.79 Å². The van der Waals surface area contributed by atoms with Crippen molar-refractivity contribution >= 4 is 11.5 Å². The third-order valence-electron chi connectivity index (χ3n) is 2.96. The van der Waals surface area contributed by atoms with E-state index >= 15 is 0 Å². The number of aliphatic imine (C=N–C) groups is 1. The lowest BCUT2D eigenvalue weighted by Crippen LogP contribution is -2.33. The van der Waals surface area contributed by atoms with E-state index in [0.717, 1.165) is 11.3 Å². The predicted octanol–water partition coefficient (Wildman–Crippen LogP) is 1.97. The molecule has 14 heavy (non-hydrogen) atoms. The van der Waals surface area contributed by atoms with Crippen LogP contribution in [-0.4, -0.2) is 11.5 Å². The average molecular weight is 183 g/mol. The Kier molecular flexibility index (Phi) is 1.32. The minimum Gasteiger partial charge on any atom is -0.295 e. The van der Waals surface area contributed by atoms with E-state index in [9.17, 15) is 4.79 Å². The molecule has 2 heteroatoms. The highest BCUT2D eigenvalue weighted by molar-refractivity contribution is 6.15. The van der Waals surface area contributed by atoms with Crippen LogP contribution in [0.15, 0.2) is 53.2 Å². The summed E-state index contributed by atoms with van der Waals surface area (Å²) in [7, 11) is 0. The fourth-order valence-electron chi connectivity index (χ4n) is 2.22. The minimum atomic E-state index is -0.236. The van der Waals surface area contributed by atoms with Crippen molar-refractivity contribution < 1.29 is 4.79 Å². The lowest BCUT2D eigenvalue weighted by Gasteiger charge is -2.31. The van der Waals surface area contributed by atoms with Crippen LogP contribution in [0, 0.1) is 5.41 Å². The molecule has 68 valence electrons. The van der Waals surface area contributed by atoms with Gasteiger partial charge >= 0.3 is 0 Å². The molecule has 2 nitrogen and oxygen atoms in total. The molecule has 0 aromatic carbocycles. The van der Waals surface area contributed by atoms with E-state index < -0.39 is 0 Å². The van der Waals surface area contributed by atoms with Gasteiger partial charge in [0.2, 0.25) is 0 Å². The molecule has 2 aliphatic carbocycles. The van der Waals surface area contributed by atoms with E-state index in [4.69, 9.17) is 0 Å². The number of nitrogens with zero attached hydrogens (tertiary/aromatic N) is 1. The molecule has 0 fully saturated rings. The molecule has 0 saturated heterocycles. The highest BCUT2D eigenvalue weighted by Crippen LogP contribution is 2.44. The SMILES string of the molecule is O=C1C=CC2=NC=C3C=CC=CC32C1. The number of carbonyl (C=O) groups is 1. The number of carbonyl (C=O) groups excluding carboxylic acids is 1. The smallest absolute Gasteiger partial charge is 0.157 e. The van der Waals surface area contributed by atoms with Crippen molar-refractivity contribution in [3.63, 3.8) is 0 Å². The Morgan fingerprint density at radius 2 is 2.14 bits per heavy atom. The van der Waals surface area contributed by atoms with E-state index in [1.807, 2.05) is 30.5 Å². The maximum absolute atomic E-state index is 11.4. The number of allylic oxidation sites excluding steroid dienone is 7. The van der Waals surface area contributed by atoms with Gasteiger partial charge in [-0.05, 0) is 17.7 Å². The summed E-state index contributed by atoms with van der Waals surface area (Å²) in [6, 6.07) is 0. The van der Waals surface area contributed by atoms with Gasteiger partial charge in [0.05, 0.1) is 11.1 Å². The van der Waals surface area contributed by atoms with E-state index in [-0.39, 0.29) is 11.2 Å². The largest absolute Gasteiger partial charge is 0.295 e. The average Bonchev–Trinajstić information content (AvgIpc) is 2.55. The van der Waals surface area contributed by atoms with Crippen molar-refractivity contribution in [2.75, 3.05) is 0 Å². The molecule has 0 saturated carbocycles. The standard InChI is InChI=1S/C12H9NO/c14-10-4-5-11-12(7-10)6-2-1-3-9(12)8-13-11/h1-6,8H,7H2. The van der Waals surface area contributed by atoms with E-state index in [2.05, 4.69) is 11.1 Å². The summed E-state index contributed by atoms with van der Waals surface area (Å²) >= 11 is 0. The Labute approximate surface area is 82.0 Å². The molecule has 0 N–H and O–H groups in total. The molecule has 1 heterocycles. The molecule has 3 aliphatic rings. The Balaban J connectivity index is 2.19. The van der Waals surface area contributed by atoms with E-state index in [0.29, 0.717) is 6.42 Å². The van der Waals surface area contributed by atoms with Gasteiger partial charge in [0, 0.05) is 12.6 Å². The first-order chi connectivity index (χ1) is 6.81. The normalized spacial score (nSPS) is 32.4. The number of hydrogen-bond acceptors (Lipinski definition) is 2. The molecule has 3 rings (SSSR count). The molecule has 0 aromatic rings. The van der Waals surface area contributed by atoms with Crippen LogP contribution in [-0.2, 0) is 4.79 Å². The van der Waals surface area contributed by atoms with Crippen LogP contribution in [0.2, 0.25) is 0 Å². The second kappa shape index (κ2) is 2.41. The number of hydrogen-bond donors (Lipinski definition) is 0. The van der Waals surface area contributed by atoms with Crippen LogP contribution >= 0.6 is 0 Å². The summed E-state index contributed by atoms with van der Waals surface area (Å²) in [6.45, 7) is 0. The first-order valence-corrected chi connectivity index (χ1v) is 4.67. The molecule has 0 radical (unpaired) electrons. The molecule has 1 spiro atoms. The zero-order chi connectivity index (χ0) is 9.60. The zero-order valence-corrected chi connectivity index (χ0v) is 7.60. The van der Waals surface area contributed by atoms with Crippen LogP contribution in [0.3, 0.4) is 0 Å². The van der Waals surface area contributed by atoms with Gasteiger partial charge in [0.15, 0.2) is 5.78 Å². The monoisotopic (exact) mass is 183 g/mol. The van der Waals surface area contributed by atoms with Crippen LogP contribution in [0.1, 0.15) is 6.42 Å². The van der Waals surface area contributed by atoms with E-state index in [1.165, 1.54) is 0 Å². The molecule has 1 aliphatic heterocycles. The van der Waals surface area contributed by atoms with Crippen molar-refractivity contribution in [2.45, 2.75) is 6.42 Å². The van der Waals surface area contributed by atoms with Crippen LogP contribution in [0.5, 0.6) is 0 Å². The fraction of sp³-hybridized carbons (Fsp3) is 0.167. The zero-order valence-electron chi connectivity index (χ0n) is 7.60. The molecular weight excluding hydrogens is 174 g/mol. The molecule has 0 bridgehead atoms. The molecule has 0 aromatic heterocycles. The van der Waals surface area contributed by atoms with E-state index in [1.54, 1.807) is 6.08 Å². The fourth-order valence-corrected chi connectivity index (χ4v) is 2.22. The van der Waals surface area contributed by atoms with Crippen LogP contribution in [0.4, 0.5) is 0 Å². The summed E-state index contributed by atoms with van der Waals surface area (Å²) in [4.78, 5) is 15.8. The van der Waals surface area contributed by atoms with Gasteiger partial charge in [0.1, 0.15) is 0 Å². The van der Waals surface area contributed by atoms with Gasteiger partial charge in [-0.15, -0.1) is 0 Å². The summed E-state index contributed by atoms with van der Waals surface area (Å²) in [5.41, 5.74) is 1.89. The van der Waals surface area contributed by atoms with Crippen LogP contribution < -0.4 is 0 Å². The third kappa shape index (κ3) is 0.803. The van der Waals surface area contributed by atoms with Crippen molar-refractivity contribution in [3.8, 4) is 0 Å². The van der Waals surface area contributed by atoms with Gasteiger partial charge in [-0.2, -0.15) is 0 Å². The quantitative estimate of drug-likeness (QED) is 0.564. The Morgan fingerprint density at radius 3 is 3.07 bits per heavy atom. The summed E-state index contributed by atoms with van der Waals surface area (Å²) in [5, 5.41) is 0. The van der Waals surface area contributed by atoms with Crippen molar-refractivity contribution in [1.82, 2.24) is 0 Å². The summed E-state index contributed by atoms with van der Waals surface area (Å²) in [5.74, 6) is 0.178. The molecule has 0 amide bonds. The third-order valence-corrected chi connectivity index (χ3v) is 2.96. The summed E-state index contributed by atoms with van der Waals surface area (Å²) in [6.07, 6.45) is 13.9. The van der Waals surface area contributed by atoms with Crippen LogP contribution in [0.25, 0.3) is 0 Å². The Bertz CT molecular complexity index is 463. The summed E-state index contributed by atoms with van der Waals surface area (Å²) < 4.78 is 0. The van der Waals surface area contributed by atoms with Gasteiger partial charge in [-0.25, -0.2) is 0 Å². The second-order valence-corrected chi connectivity index (χ2v) is 3.76. The number of rotatable bonds is 0. The minimum absolute atomic E-state index is 0.178. The molecule has 1 unspecified atom stereocenters. The highest BCUT2D eigenvalue weighted by atomic mass is 16.1. The lowest BCUT2D eigenvalue weighted by molar-refractivity contribution is -0.115. The van der Waals surface area contributed by atoms with Crippen molar-refractivity contribution in [2.24, 2.45) is 10.4 Å². The lowest BCUT2D eigenvalue weighted by atomic mass is 9.69. The maximum atomic E-state index is 11.4. The molecule has 1 atom stereocenters. The van der Waals surface area contributed by atoms with Gasteiger partial charge in [-0.1, -0.05) is 24.3 Å². The van der Waals surface area contributed by atoms with Gasteiger partial charge in [0.25, 0.3) is 0 Å². The first kappa shape index (κ1) is 7.68. The number of ketones is 1. The molecular formula is C12H9NO. The Morgan fingerprint density at radius 1 is 1.21 bits per heavy atom. The first-order valence-electron chi connectivity index (χ1n) is 4.67. The van der Waals surface area contributed by atoms with Crippen molar-refractivity contribution in [3.05, 3.63) is 48.2 Å². The van der Waals surface area contributed by atoms with Crippen molar-refractivity contribution in [1.29, 1.82) is 0 Å². The topological polar surface area (TPSA) is 29.4 Å².